The lowest BCUT2D eigenvalue weighted by Crippen LogP contribution is -2.21. The molecule has 22 heavy (non-hydrogen) atoms. The van der Waals surface area contributed by atoms with Crippen LogP contribution in [0.1, 0.15) is 11.1 Å². The SMILES string of the molecule is N#C/C(=N\Nc1ccc(C=Cc2ccncc2)cc1)C(=N)N. The van der Waals surface area contributed by atoms with E-state index in [9.17, 15) is 0 Å². The Kier molecular flexibility index (Phi) is 5.00. The van der Waals surface area contributed by atoms with E-state index < -0.39 is 0 Å². The van der Waals surface area contributed by atoms with Gasteiger partial charge in [0.05, 0.1) is 5.69 Å². The third kappa shape index (κ3) is 4.28. The Morgan fingerprint density at radius 2 is 1.73 bits per heavy atom. The molecule has 0 spiro atoms. The molecule has 0 aliphatic heterocycles. The minimum absolute atomic E-state index is 0.151. The molecule has 0 unspecified atom stereocenters. The number of rotatable bonds is 5. The molecule has 0 atom stereocenters. The molecule has 4 N–H and O–H groups in total. The highest BCUT2D eigenvalue weighted by Crippen LogP contribution is 2.12. The van der Waals surface area contributed by atoms with Gasteiger partial charge >= 0.3 is 0 Å². The van der Waals surface area contributed by atoms with Gasteiger partial charge in [0, 0.05) is 12.4 Å². The molecule has 0 bridgehead atoms. The predicted octanol–water partition coefficient (Wildman–Crippen LogP) is 2.48. The van der Waals surface area contributed by atoms with Crippen molar-refractivity contribution < 1.29 is 0 Å². The molecule has 2 rings (SSSR count). The van der Waals surface area contributed by atoms with E-state index in [-0.39, 0.29) is 11.5 Å². The lowest BCUT2D eigenvalue weighted by Gasteiger charge is -2.01. The van der Waals surface area contributed by atoms with Crippen LogP contribution in [0, 0.1) is 16.7 Å². The van der Waals surface area contributed by atoms with Gasteiger partial charge in [0.1, 0.15) is 6.07 Å². The van der Waals surface area contributed by atoms with Crippen molar-refractivity contribution in [2.24, 2.45) is 10.8 Å². The fraction of sp³-hybridized carbons (Fsp3) is 0. The molecule has 6 heteroatoms. The van der Waals surface area contributed by atoms with Gasteiger partial charge in [-0.1, -0.05) is 24.3 Å². The first-order chi connectivity index (χ1) is 10.7. The summed E-state index contributed by atoms with van der Waals surface area (Å²) in [7, 11) is 0. The van der Waals surface area contributed by atoms with E-state index in [0.717, 1.165) is 11.1 Å². The minimum Gasteiger partial charge on any atom is -0.382 e. The largest absolute Gasteiger partial charge is 0.382 e. The molecule has 0 aliphatic carbocycles. The Morgan fingerprint density at radius 3 is 2.27 bits per heavy atom. The van der Waals surface area contributed by atoms with Crippen LogP contribution in [-0.2, 0) is 0 Å². The fourth-order valence-electron chi connectivity index (χ4n) is 1.60. The van der Waals surface area contributed by atoms with Crippen LogP contribution in [-0.4, -0.2) is 16.5 Å². The molecule has 6 nitrogen and oxygen atoms in total. The molecule has 1 aromatic carbocycles. The molecule has 0 amide bonds. The van der Waals surface area contributed by atoms with E-state index in [0.29, 0.717) is 5.69 Å². The van der Waals surface area contributed by atoms with Gasteiger partial charge in [0.15, 0.2) is 5.84 Å². The van der Waals surface area contributed by atoms with Gasteiger partial charge in [-0.3, -0.25) is 15.8 Å². The van der Waals surface area contributed by atoms with Crippen molar-refractivity contribution in [2.45, 2.75) is 0 Å². The molecule has 108 valence electrons. The number of hydrogen-bond acceptors (Lipinski definition) is 5. The van der Waals surface area contributed by atoms with Gasteiger partial charge in [-0.15, -0.1) is 0 Å². The number of aromatic nitrogens is 1. The Bertz CT molecular complexity index is 738. The second-order valence-corrected chi connectivity index (χ2v) is 4.33. The van der Waals surface area contributed by atoms with Gasteiger partial charge in [-0.25, -0.2) is 0 Å². The van der Waals surface area contributed by atoms with E-state index >= 15 is 0 Å². The third-order valence-corrected chi connectivity index (χ3v) is 2.74. The van der Waals surface area contributed by atoms with E-state index in [2.05, 4.69) is 15.5 Å². The number of amidine groups is 1. The van der Waals surface area contributed by atoms with Gasteiger partial charge in [0.2, 0.25) is 5.71 Å². The van der Waals surface area contributed by atoms with E-state index in [1.807, 2.05) is 48.6 Å². The van der Waals surface area contributed by atoms with Crippen LogP contribution in [0.15, 0.2) is 53.9 Å². The van der Waals surface area contributed by atoms with Crippen molar-refractivity contribution in [3.8, 4) is 6.07 Å². The summed E-state index contributed by atoms with van der Waals surface area (Å²) in [5, 5.41) is 19.7. The van der Waals surface area contributed by atoms with E-state index in [4.69, 9.17) is 16.4 Å². The zero-order chi connectivity index (χ0) is 15.8. The summed E-state index contributed by atoms with van der Waals surface area (Å²) >= 11 is 0. The fourth-order valence-corrected chi connectivity index (χ4v) is 1.60. The maximum atomic E-state index is 8.74. The topological polar surface area (TPSA) is 111 Å². The summed E-state index contributed by atoms with van der Waals surface area (Å²) in [5.74, 6) is -0.369. The number of benzene rings is 1. The number of nitriles is 1. The molecule has 2 aromatic rings. The summed E-state index contributed by atoms with van der Waals surface area (Å²) < 4.78 is 0. The molecule has 1 aromatic heterocycles. The first kappa shape index (κ1) is 14.9. The monoisotopic (exact) mass is 290 g/mol. The summed E-state index contributed by atoms with van der Waals surface area (Å²) in [5.41, 5.74) is 10.5. The van der Waals surface area contributed by atoms with Gasteiger partial charge in [-0.2, -0.15) is 10.4 Å². The third-order valence-electron chi connectivity index (χ3n) is 2.74. The number of anilines is 1. The number of hydrogen-bond donors (Lipinski definition) is 3. The summed E-state index contributed by atoms with van der Waals surface area (Å²) in [4.78, 5) is 3.96. The summed E-state index contributed by atoms with van der Waals surface area (Å²) in [6.45, 7) is 0. The zero-order valence-electron chi connectivity index (χ0n) is 11.7. The van der Waals surface area contributed by atoms with Crippen LogP contribution in [0.2, 0.25) is 0 Å². The molecule has 1 heterocycles. The molecule has 0 saturated heterocycles. The number of nitrogens with two attached hydrogens (primary N) is 1. The highest BCUT2D eigenvalue weighted by Gasteiger charge is 2.00. The summed E-state index contributed by atoms with van der Waals surface area (Å²) in [6.07, 6.45) is 7.46. The average Bonchev–Trinajstić information content (AvgIpc) is 2.55. The first-order valence-corrected chi connectivity index (χ1v) is 6.45. The van der Waals surface area contributed by atoms with Crippen molar-refractivity contribution >= 4 is 29.4 Å². The Morgan fingerprint density at radius 1 is 1.14 bits per heavy atom. The van der Waals surface area contributed by atoms with Gasteiger partial charge in [-0.05, 0) is 35.4 Å². The minimum atomic E-state index is -0.369. The Hall–Kier alpha value is -3.46. The van der Waals surface area contributed by atoms with Crippen LogP contribution < -0.4 is 11.2 Å². The van der Waals surface area contributed by atoms with Crippen molar-refractivity contribution in [1.29, 1.82) is 10.7 Å². The van der Waals surface area contributed by atoms with Crippen LogP contribution >= 0.6 is 0 Å². The Labute approximate surface area is 128 Å². The zero-order valence-corrected chi connectivity index (χ0v) is 11.7. The molecular weight excluding hydrogens is 276 g/mol. The normalized spacial score (nSPS) is 11.1. The smallest absolute Gasteiger partial charge is 0.201 e. The van der Waals surface area contributed by atoms with Gasteiger partial charge < -0.3 is 5.73 Å². The lowest BCUT2D eigenvalue weighted by atomic mass is 10.1. The molecule has 0 saturated carbocycles. The number of nitrogens with zero attached hydrogens (tertiary/aromatic N) is 3. The average molecular weight is 290 g/mol. The maximum absolute atomic E-state index is 8.74. The van der Waals surface area contributed by atoms with E-state index in [1.54, 1.807) is 18.5 Å². The highest BCUT2D eigenvalue weighted by atomic mass is 15.3. The van der Waals surface area contributed by atoms with Crippen LogP contribution in [0.4, 0.5) is 5.69 Å². The number of nitrogens with one attached hydrogen (secondary N) is 2. The van der Waals surface area contributed by atoms with Crippen molar-refractivity contribution in [2.75, 3.05) is 5.43 Å². The lowest BCUT2D eigenvalue weighted by molar-refractivity contribution is 1.32. The highest BCUT2D eigenvalue weighted by molar-refractivity contribution is 6.45. The van der Waals surface area contributed by atoms with Crippen LogP contribution in [0.3, 0.4) is 0 Å². The maximum Gasteiger partial charge on any atom is 0.201 e. The van der Waals surface area contributed by atoms with Crippen LogP contribution in [0.25, 0.3) is 12.2 Å². The molecule has 0 fully saturated rings. The molecular formula is C16H14N6. The van der Waals surface area contributed by atoms with Crippen molar-refractivity contribution in [3.63, 3.8) is 0 Å². The second kappa shape index (κ2) is 7.36. The molecule has 0 aliphatic rings. The summed E-state index contributed by atoms with van der Waals surface area (Å²) in [6, 6.07) is 13.1. The number of hydrazone groups is 1. The number of pyridine rings is 1. The standard InChI is InChI=1S/C16H14N6/c17-11-15(16(18)19)22-21-14-5-3-12(4-6-14)1-2-13-7-9-20-10-8-13/h1-10,21H,(H3,18,19)/b2-1?,22-15+. The predicted molar refractivity (Wildman–Crippen MR) is 88.2 cm³/mol. The van der Waals surface area contributed by atoms with Gasteiger partial charge in [0.25, 0.3) is 0 Å². The molecule has 0 radical (unpaired) electrons. The second-order valence-electron chi connectivity index (χ2n) is 4.33. The van der Waals surface area contributed by atoms with E-state index in [1.165, 1.54) is 0 Å². The van der Waals surface area contributed by atoms with Crippen molar-refractivity contribution in [1.82, 2.24) is 4.98 Å². The first-order valence-electron chi connectivity index (χ1n) is 6.45. The quantitative estimate of drug-likeness (QED) is 0.446. The van der Waals surface area contributed by atoms with Crippen molar-refractivity contribution in [3.05, 3.63) is 59.9 Å². The Balaban J connectivity index is 2.03. The van der Waals surface area contributed by atoms with Crippen LogP contribution in [0.5, 0.6) is 0 Å².